The Morgan fingerprint density at radius 2 is 2.04 bits per heavy atom. The van der Waals surface area contributed by atoms with E-state index in [4.69, 9.17) is 9.90 Å². The molecule has 9 heteroatoms. The van der Waals surface area contributed by atoms with Crippen molar-refractivity contribution in [1.82, 2.24) is 10.2 Å². The molecule has 0 radical (unpaired) electrons. The SMILES string of the molecule is O=C(O)C(F)(F)F.O=C1c2cc(Br)ccc2C[C@@H]2CNCCN12. The molecule has 1 aromatic rings. The first-order valence-electron chi connectivity index (χ1n) is 6.80. The van der Waals surface area contributed by atoms with Gasteiger partial charge in [-0.15, -0.1) is 0 Å². The van der Waals surface area contributed by atoms with Crippen molar-refractivity contribution in [2.45, 2.75) is 18.6 Å². The number of alkyl halides is 3. The lowest BCUT2D eigenvalue weighted by Crippen LogP contribution is -2.56. The largest absolute Gasteiger partial charge is 0.490 e. The number of hydrogen-bond donors (Lipinski definition) is 2. The summed E-state index contributed by atoms with van der Waals surface area (Å²) in [4.78, 5) is 23.2. The first kappa shape index (κ1) is 17.7. The number of nitrogens with one attached hydrogen (secondary N) is 1. The van der Waals surface area contributed by atoms with Gasteiger partial charge in [0.2, 0.25) is 0 Å². The number of hydrogen-bond acceptors (Lipinski definition) is 3. The number of amides is 1. The molecule has 0 bridgehead atoms. The lowest BCUT2D eigenvalue weighted by molar-refractivity contribution is -0.192. The number of carbonyl (C=O) groups excluding carboxylic acids is 1. The van der Waals surface area contributed by atoms with Crippen LogP contribution in [-0.4, -0.2) is 53.7 Å². The molecule has 23 heavy (non-hydrogen) atoms. The Morgan fingerprint density at radius 1 is 1.39 bits per heavy atom. The van der Waals surface area contributed by atoms with Crippen molar-refractivity contribution < 1.29 is 27.9 Å². The standard InChI is InChI=1S/C12H13BrN2O.C2HF3O2/c13-9-2-1-8-5-10-7-14-3-4-15(10)12(16)11(8)6-9;3-2(4,5)1(6)7/h1-2,6,10,14H,3-5,7H2;(H,6,7)/t10-;/m1./s1. The maximum Gasteiger partial charge on any atom is 0.490 e. The summed E-state index contributed by atoms with van der Waals surface area (Å²) in [5, 5.41) is 10.5. The second kappa shape index (κ2) is 6.88. The molecule has 0 spiro atoms. The number of carbonyl (C=O) groups is 2. The number of halogens is 4. The summed E-state index contributed by atoms with van der Waals surface area (Å²) >= 11 is 3.42. The van der Waals surface area contributed by atoms with E-state index < -0.39 is 12.1 Å². The van der Waals surface area contributed by atoms with Gasteiger partial charge in [0.15, 0.2) is 0 Å². The highest BCUT2D eigenvalue weighted by atomic mass is 79.9. The third-order valence-corrected chi connectivity index (χ3v) is 4.10. The first-order chi connectivity index (χ1) is 10.7. The number of piperazine rings is 1. The second-order valence-corrected chi connectivity index (χ2v) is 6.08. The van der Waals surface area contributed by atoms with Crippen LogP contribution in [0.15, 0.2) is 22.7 Å². The van der Waals surface area contributed by atoms with Gasteiger partial charge in [-0.2, -0.15) is 13.2 Å². The van der Waals surface area contributed by atoms with Gasteiger partial charge < -0.3 is 15.3 Å². The molecule has 2 aliphatic rings. The molecule has 0 aromatic heterocycles. The van der Waals surface area contributed by atoms with Crippen molar-refractivity contribution in [2.75, 3.05) is 19.6 Å². The van der Waals surface area contributed by atoms with Crippen molar-refractivity contribution in [3.8, 4) is 0 Å². The van der Waals surface area contributed by atoms with Gasteiger partial charge in [-0.1, -0.05) is 22.0 Å². The van der Waals surface area contributed by atoms with Crippen LogP contribution in [0.25, 0.3) is 0 Å². The molecule has 126 valence electrons. The van der Waals surface area contributed by atoms with Gasteiger partial charge in [0.1, 0.15) is 0 Å². The number of rotatable bonds is 0. The monoisotopic (exact) mass is 394 g/mol. The fraction of sp³-hybridized carbons (Fsp3) is 0.429. The molecular weight excluding hydrogens is 381 g/mol. The van der Waals surface area contributed by atoms with Crippen molar-refractivity contribution in [3.05, 3.63) is 33.8 Å². The van der Waals surface area contributed by atoms with Gasteiger partial charge in [-0.25, -0.2) is 4.79 Å². The lowest BCUT2D eigenvalue weighted by Gasteiger charge is -2.40. The van der Waals surface area contributed by atoms with Crippen molar-refractivity contribution in [2.24, 2.45) is 0 Å². The minimum atomic E-state index is -5.08. The smallest absolute Gasteiger partial charge is 0.475 e. The number of aliphatic carboxylic acids is 1. The van der Waals surface area contributed by atoms with Crippen LogP contribution in [0.5, 0.6) is 0 Å². The predicted octanol–water partition coefficient (Wildman–Crippen LogP) is 2.05. The van der Waals surface area contributed by atoms with Crippen LogP contribution in [0.3, 0.4) is 0 Å². The van der Waals surface area contributed by atoms with Crippen molar-refractivity contribution >= 4 is 27.8 Å². The summed E-state index contributed by atoms with van der Waals surface area (Å²) in [6, 6.07) is 6.35. The zero-order valence-electron chi connectivity index (χ0n) is 11.9. The van der Waals surface area contributed by atoms with Crippen LogP contribution in [-0.2, 0) is 11.2 Å². The van der Waals surface area contributed by atoms with E-state index in [-0.39, 0.29) is 5.91 Å². The Hall–Kier alpha value is -1.61. The molecule has 0 aliphatic carbocycles. The molecule has 5 nitrogen and oxygen atoms in total. The van der Waals surface area contributed by atoms with E-state index in [0.717, 1.165) is 36.1 Å². The van der Waals surface area contributed by atoms with Crippen LogP contribution < -0.4 is 5.32 Å². The number of nitrogens with zero attached hydrogens (tertiary/aromatic N) is 1. The second-order valence-electron chi connectivity index (χ2n) is 5.16. The fourth-order valence-electron chi connectivity index (χ4n) is 2.55. The minimum Gasteiger partial charge on any atom is -0.475 e. The summed E-state index contributed by atoms with van der Waals surface area (Å²) in [7, 11) is 0. The van der Waals surface area contributed by atoms with E-state index in [1.54, 1.807) is 0 Å². The molecule has 2 heterocycles. The molecule has 1 aromatic carbocycles. The van der Waals surface area contributed by atoms with Crippen LogP contribution in [0.2, 0.25) is 0 Å². The Balaban J connectivity index is 0.000000236. The highest BCUT2D eigenvalue weighted by Gasteiger charge is 2.38. The number of benzene rings is 1. The summed E-state index contributed by atoms with van der Waals surface area (Å²) in [5.41, 5.74) is 2.05. The molecule has 0 unspecified atom stereocenters. The summed E-state index contributed by atoms with van der Waals surface area (Å²) in [6.07, 6.45) is -4.11. The van der Waals surface area contributed by atoms with Gasteiger partial charge in [0, 0.05) is 35.7 Å². The van der Waals surface area contributed by atoms with Crippen LogP contribution in [0.1, 0.15) is 15.9 Å². The van der Waals surface area contributed by atoms with Gasteiger partial charge in [0.25, 0.3) is 5.91 Å². The van der Waals surface area contributed by atoms with Crippen LogP contribution in [0.4, 0.5) is 13.2 Å². The predicted molar refractivity (Wildman–Crippen MR) is 79.2 cm³/mol. The zero-order valence-corrected chi connectivity index (χ0v) is 13.4. The molecule has 2 N–H and O–H groups in total. The summed E-state index contributed by atoms with van der Waals surface area (Å²) < 4.78 is 32.7. The van der Waals surface area contributed by atoms with Gasteiger partial charge in [0.05, 0.1) is 0 Å². The Morgan fingerprint density at radius 3 is 2.65 bits per heavy atom. The normalized spacial score (nSPS) is 20.1. The third-order valence-electron chi connectivity index (χ3n) is 3.61. The molecule has 1 amide bonds. The Labute approximate surface area is 138 Å². The number of carboxylic acid groups (broad SMARTS) is 1. The van der Waals surface area contributed by atoms with E-state index >= 15 is 0 Å². The Bertz CT molecular complexity index is 622. The molecule has 0 saturated carbocycles. The third kappa shape index (κ3) is 4.23. The topological polar surface area (TPSA) is 69.6 Å². The fourth-order valence-corrected chi connectivity index (χ4v) is 2.91. The highest BCUT2D eigenvalue weighted by molar-refractivity contribution is 9.10. The first-order valence-corrected chi connectivity index (χ1v) is 7.59. The van der Waals surface area contributed by atoms with E-state index in [9.17, 15) is 18.0 Å². The van der Waals surface area contributed by atoms with E-state index in [0.29, 0.717) is 6.04 Å². The maximum atomic E-state index is 12.3. The van der Waals surface area contributed by atoms with Crippen LogP contribution >= 0.6 is 15.9 Å². The lowest BCUT2D eigenvalue weighted by atomic mass is 9.92. The molecule has 1 saturated heterocycles. The summed E-state index contributed by atoms with van der Waals surface area (Å²) in [6.45, 7) is 2.66. The average molecular weight is 395 g/mol. The quantitative estimate of drug-likeness (QED) is 0.706. The number of carboxylic acids is 1. The Kier molecular flexibility index (Phi) is 5.30. The van der Waals surface area contributed by atoms with E-state index in [2.05, 4.69) is 27.3 Å². The van der Waals surface area contributed by atoms with Crippen molar-refractivity contribution in [3.63, 3.8) is 0 Å². The minimum absolute atomic E-state index is 0.189. The van der Waals surface area contributed by atoms with Gasteiger partial charge in [-0.05, 0) is 24.1 Å². The van der Waals surface area contributed by atoms with E-state index in [1.165, 1.54) is 5.56 Å². The molecule has 1 fully saturated rings. The maximum absolute atomic E-state index is 12.3. The van der Waals surface area contributed by atoms with Gasteiger partial charge in [-0.3, -0.25) is 4.79 Å². The summed E-state index contributed by atoms with van der Waals surface area (Å²) in [5.74, 6) is -2.57. The van der Waals surface area contributed by atoms with Crippen LogP contribution in [0, 0.1) is 0 Å². The average Bonchev–Trinajstić information content (AvgIpc) is 2.48. The van der Waals surface area contributed by atoms with Gasteiger partial charge >= 0.3 is 12.1 Å². The van der Waals surface area contributed by atoms with Crippen molar-refractivity contribution in [1.29, 1.82) is 0 Å². The molecular formula is C14H14BrF3N2O3. The highest BCUT2D eigenvalue weighted by Crippen LogP contribution is 2.26. The number of fused-ring (bicyclic) bond motifs is 2. The zero-order chi connectivity index (χ0) is 17.2. The molecule has 3 rings (SSSR count). The molecule has 2 aliphatic heterocycles. The molecule has 1 atom stereocenters. The van der Waals surface area contributed by atoms with E-state index in [1.807, 2.05) is 17.0 Å².